The van der Waals surface area contributed by atoms with Gasteiger partial charge in [0.05, 0.1) is 13.7 Å². The number of methoxy groups -OCH3 is 1. The van der Waals surface area contributed by atoms with Crippen molar-refractivity contribution >= 4 is 35.1 Å². The van der Waals surface area contributed by atoms with Crippen LogP contribution in [-0.4, -0.2) is 62.6 Å². The lowest BCUT2D eigenvalue weighted by atomic mass is 9.90. The number of nitrogens with one attached hydrogen (secondary N) is 1. The molecule has 0 unspecified atom stereocenters. The molecule has 2 atom stereocenters. The number of hydrogen-bond donors (Lipinski definition) is 1. The summed E-state index contributed by atoms with van der Waals surface area (Å²) in [6, 6.07) is 14.3. The van der Waals surface area contributed by atoms with E-state index in [0.29, 0.717) is 35.4 Å². The lowest BCUT2D eigenvalue weighted by Gasteiger charge is -2.39. The van der Waals surface area contributed by atoms with Gasteiger partial charge in [-0.15, -0.1) is 0 Å². The highest BCUT2D eigenvalue weighted by Crippen LogP contribution is 2.36. The number of rotatable bonds is 5. The summed E-state index contributed by atoms with van der Waals surface area (Å²) in [5, 5.41) is 3.53. The number of piperazine rings is 1. The smallest absolute Gasteiger partial charge is 0.321 e. The second-order valence-electron chi connectivity index (χ2n) is 7.81. The number of halogens is 1. The molecular weight excluding hydrogens is 444 g/mol. The van der Waals surface area contributed by atoms with E-state index in [-0.39, 0.29) is 6.61 Å². The number of esters is 1. The van der Waals surface area contributed by atoms with Gasteiger partial charge in [0.1, 0.15) is 11.8 Å². The predicted octanol–water partition coefficient (Wildman–Crippen LogP) is 2.88. The van der Waals surface area contributed by atoms with Crippen molar-refractivity contribution in [2.24, 2.45) is 10.9 Å². The first-order valence-corrected chi connectivity index (χ1v) is 11.3. The molecule has 33 heavy (non-hydrogen) atoms. The fraction of sp³-hybridized carbons (Fsp3) is 0.375. The van der Waals surface area contributed by atoms with Crippen LogP contribution in [-0.2, 0) is 14.3 Å². The number of carbonyl (C=O) groups is 2. The number of anilines is 1. The van der Waals surface area contributed by atoms with Crippen molar-refractivity contribution in [2.45, 2.75) is 13.0 Å². The Bertz CT molecular complexity index is 1050. The Hall–Kier alpha value is -3.26. The van der Waals surface area contributed by atoms with Gasteiger partial charge in [0, 0.05) is 42.5 Å². The number of para-hydroxylation sites is 1. The maximum Gasteiger partial charge on any atom is 0.321 e. The summed E-state index contributed by atoms with van der Waals surface area (Å²) in [6.45, 7) is 4.71. The molecule has 2 aliphatic rings. The Morgan fingerprint density at radius 2 is 1.85 bits per heavy atom. The quantitative estimate of drug-likeness (QED) is 0.534. The minimum absolute atomic E-state index is 0.184. The summed E-state index contributed by atoms with van der Waals surface area (Å²) in [4.78, 5) is 34.9. The number of ether oxygens (including phenoxy) is 2. The van der Waals surface area contributed by atoms with E-state index in [1.54, 1.807) is 20.1 Å². The fourth-order valence-electron chi connectivity index (χ4n) is 4.21. The molecule has 1 amide bonds. The highest BCUT2D eigenvalue weighted by atomic mass is 35.5. The number of nitrogens with zero attached hydrogens (tertiary/aromatic N) is 3. The highest BCUT2D eigenvalue weighted by molar-refractivity contribution is 6.30. The van der Waals surface area contributed by atoms with Gasteiger partial charge in [-0.1, -0.05) is 35.9 Å². The molecule has 9 heteroatoms. The lowest BCUT2D eigenvalue weighted by Crippen LogP contribution is -2.57. The van der Waals surface area contributed by atoms with Crippen molar-refractivity contribution in [2.75, 3.05) is 44.8 Å². The first-order valence-electron chi connectivity index (χ1n) is 11.0. The summed E-state index contributed by atoms with van der Waals surface area (Å²) >= 11 is 6.14. The van der Waals surface area contributed by atoms with E-state index < -0.39 is 23.8 Å². The summed E-state index contributed by atoms with van der Waals surface area (Å²) in [5.74, 6) is -1.08. The van der Waals surface area contributed by atoms with E-state index >= 15 is 0 Å². The zero-order chi connectivity index (χ0) is 23.4. The minimum atomic E-state index is -1.09. The normalized spacial score (nSPS) is 20.7. The molecule has 4 rings (SSSR count). The number of guanidine groups is 1. The summed E-state index contributed by atoms with van der Waals surface area (Å²) in [7, 11) is 1.56. The number of hydrogen-bond acceptors (Lipinski definition) is 7. The Morgan fingerprint density at radius 1 is 1.12 bits per heavy atom. The predicted molar refractivity (Wildman–Crippen MR) is 127 cm³/mol. The van der Waals surface area contributed by atoms with Crippen LogP contribution in [0.15, 0.2) is 53.5 Å². The maximum absolute atomic E-state index is 13.1. The summed E-state index contributed by atoms with van der Waals surface area (Å²) in [5.41, 5.74) is 1.73. The molecule has 0 saturated carbocycles. The monoisotopic (exact) mass is 470 g/mol. The second-order valence-corrected chi connectivity index (χ2v) is 8.25. The van der Waals surface area contributed by atoms with Crippen molar-refractivity contribution in [3.05, 3.63) is 59.1 Å². The fourth-order valence-corrected chi connectivity index (χ4v) is 4.39. The average molecular weight is 471 g/mol. The van der Waals surface area contributed by atoms with E-state index in [0.717, 1.165) is 18.8 Å². The lowest BCUT2D eigenvalue weighted by molar-refractivity contribution is -0.153. The molecule has 1 fully saturated rings. The number of carbonyl (C=O) groups excluding carboxylic acids is 2. The van der Waals surface area contributed by atoms with Crippen LogP contribution >= 0.6 is 11.6 Å². The molecule has 0 bridgehead atoms. The summed E-state index contributed by atoms with van der Waals surface area (Å²) < 4.78 is 10.7. The van der Waals surface area contributed by atoms with E-state index in [4.69, 9.17) is 26.1 Å². The highest BCUT2D eigenvalue weighted by Gasteiger charge is 2.43. The van der Waals surface area contributed by atoms with Crippen LogP contribution < -0.4 is 15.0 Å². The van der Waals surface area contributed by atoms with Crippen molar-refractivity contribution in [1.29, 1.82) is 0 Å². The Kier molecular flexibility index (Phi) is 7.03. The van der Waals surface area contributed by atoms with Crippen LogP contribution in [0, 0.1) is 5.92 Å². The number of aliphatic imine (C=N–C) groups is 1. The third-order valence-electron chi connectivity index (χ3n) is 5.85. The van der Waals surface area contributed by atoms with Crippen molar-refractivity contribution in [1.82, 2.24) is 10.2 Å². The van der Waals surface area contributed by atoms with E-state index in [1.807, 2.05) is 47.4 Å². The van der Waals surface area contributed by atoms with Crippen LogP contribution in [0.3, 0.4) is 0 Å². The van der Waals surface area contributed by atoms with Gasteiger partial charge in [-0.2, -0.15) is 0 Å². The Labute approximate surface area is 198 Å². The molecular formula is C24H27ClN4O4. The molecule has 0 spiro atoms. The first-order chi connectivity index (χ1) is 16.0. The van der Waals surface area contributed by atoms with Crippen molar-refractivity contribution < 1.29 is 19.1 Å². The van der Waals surface area contributed by atoms with Crippen LogP contribution in [0.2, 0.25) is 5.02 Å². The molecule has 174 valence electrons. The van der Waals surface area contributed by atoms with Crippen LogP contribution in [0.5, 0.6) is 5.75 Å². The van der Waals surface area contributed by atoms with Crippen molar-refractivity contribution in [3.8, 4) is 5.75 Å². The zero-order valence-corrected chi connectivity index (χ0v) is 19.4. The standard InChI is InChI=1S/C24H27ClN4O4/c1-3-33-23(31)20-21(18-9-4-5-10-19(18)32-2)26-24(27-22(20)30)29-13-11-28(12-14-29)17-8-6-7-16(25)15-17/h4-10,15,20-21H,3,11-14H2,1-2H3,(H,26,27,30)/t20-,21+/m0/s1. The third-order valence-corrected chi connectivity index (χ3v) is 6.08. The zero-order valence-electron chi connectivity index (χ0n) is 18.7. The summed E-state index contributed by atoms with van der Waals surface area (Å²) in [6.07, 6.45) is 0. The Balaban J connectivity index is 1.59. The Morgan fingerprint density at radius 3 is 2.55 bits per heavy atom. The molecule has 0 aliphatic carbocycles. The van der Waals surface area contributed by atoms with E-state index in [9.17, 15) is 9.59 Å². The minimum Gasteiger partial charge on any atom is -0.496 e. The SMILES string of the molecule is CCOC(=O)[C@@H]1C(=O)NC(N2CCN(c3cccc(Cl)c3)CC2)=N[C@@H]1c1ccccc1OC. The van der Waals surface area contributed by atoms with Gasteiger partial charge in [0.15, 0.2) is 5.92 Å². The molecule has 2 aromatic rings. The van der Waals surface area contributed by atoms with Gasteiger partial charge >= 0.3 is 5.97 Å². The molecule has 2 aliphatic heterocycles. The van der Waals surface area contributed by atoms with Crippen molar-refractivity contribution in [3.63, 3.8) is 0 Å². The molecule has 0 radical (unpaired) electrons. The topological polar surface area (TPSA) is 83.5 Å². The first kappa shape index (κ1) is 22.9. The van der Waals surface area contributed by atoms with Crippen LogP contribution in [0.1, 0.15) is 18.5 Å². The molecule has 0 aromatic heterocycles. The van der Waals surface area contributed by atoms with Crippen LogP contribution in [0.25, 0.3) is 0 Å². The largest absolute Gasteiger partial charge is 0.496 e. The molecule has 8 nitrogen and oxygen atoms in total. The maximum atomic E-state index is 13.1. The third kappa shape index (κ3) is 4.90. The van der Waals surface area contributed by atoms with Gasteiger partial charge in [0.25, 0.3) is 0 Å². The molecule has 2 aromatic carbocycles. The number of benzene rings is 2. The van der Waals surface area contributed by atoms with Gasteiger partial charge in [-0.05, 0) is 31.2 Å². The van der Waals surface area contributed by atoms with Gasteiger partial charge < -0.3 is 19.3 Å². The van der Waals surface area contributed by atoms with Crippen LogP contribution in [0.4, 0.5) is 5.69 Å². The number of amides is 1. The average Bonchev–Trinajstić information content (AvgIpc) is 2.83. The van der Waals surface area contributed by atoms with Gasteiger partial charge in [-0.3, -0.25) is 14.9 Å². The molecule has 1 saturated heterocycles. The molecule has 2 heterocycles. The van der Waals surface area contributed by atoms with Gasteiger partial charge in [0.2, 0.25) is 11.9 Å². The van der Waals surface area contributed by atoms with E-state index in [2.05, 4.69) is 10.2 Å². The van der Waals surface area contributed by atoms with Gasteiger partial charge in [-0.25, -0.2) is 4.99 Å². The molecule has 1 N–H and O–H groups in total. The van der Waals surface area contributed by atoms with E-state index in [1.165, 1.54) is 0 Å². The second kappa shape index (κ2) is 10.1.